The van der Waals surface area contributed by atoms with Gasteiger partial charge in [-0.25, -0.2) is 0 Å². The van der Waals surface area contributed by atoms with E-state index in [9.17, 15) is 0 Å². The average molecular weight is 151 g/mol. The highest BCUT2D eigenvalue weighted by Gasteiger charge is 2.15. The second-order valence-electron chi connectivity index (χ2n) is 2.68. The van der Waals surface area contributed by atoms with Crippen molar-refractivity contribution >= 4 is 12.4 Å². The molecule has 11 heavy (non-hydrogen) atoms. The minimum atomic E-state index is 0.857. The normalized spacial score (nSPS) is 20.2. The summed E-state index contributed by atoms with van der Waals surface area (Å²) in [5, 5.41) is 7.12. The summed E-state index contributed by atoms with van der Waals surface area (Å²) in [6, 6.07) is 0. The maximum atomic E-state index is 7.12. The van der Waals surface area contributed by atoms with E-state index in [1.807, 2.05) is 14.0 Å². The van der Waals surface area contributed by atoms with Crippen LogP contribution in [-0.2, 0) is 0 Å². The summed E-state index contributed by atoms with van der Waals surface area (Å²) in [6.45, 7) is 3.62. The van der Waals surface area contributed by atoms with Crippen molar-refractivity contribution in [3.05, 3.63) is 11.3 Å². The molecule has 0 aromatic rings. The molecule has 1 aliphatic heterocycles. The summed E-state index contributed by atoms with van der Waals surface area (Å²) in [7, 11) is 2.03. The monoisotopic (exact) mass is 151 g/mol. The first-order valence-corrected chi connectivity index (χ1v) is 3.67. The molecule has 1 rings (SSSR count). The average Bonchev–Trinajstić information content (AvgIpc) is 2.32. The standard InChI is InChI=1S/C8H13N3/c1-3-10-8-6-11(2)5-7(8)4-9/h3-4,9H,5-6H2,1-2H3/b9-4?,10-3-. The Balaban J connectivity index is 2.79. The highest BCUT2D eigenvalue weighted by Crippen LogP contribution is 2.14. The van der Waals surface area contributed by atoms with Crippen LogP contribution < -0.4 is 0 Å². The van der Waals surface area contributed by atoms with Crippen molar-refractivity contribution in [3.8, 4) is 0 Å². The fourth-order valence-electron chi connectivity index (χ4n) is 1.20. The van der Waals surface area contributed by atoms with Crippen molar-refractivity contribution in [2.24, 2.45) is 4.99 Å². The van der Waals surface area contributed by atoms with E-state index in [0.29, 0.717) is 0 Å². The molecule has 0 aromatic carbocycles. The number of hydrogen-bond acceptors (Lipinski definition) is 3. The fourth-order valence-corrected chi connectivity index (χ4v) is 1.20. The van der Waals surface area contributed by atoms with E-state index in [4.69, 9.17) is 5.41 Å². The molecule has 0 bridgehead atoms. The van der Waals surface area contributed by atoms with Gasteiger partial charge in [-0.15, -0.1) is 0 Å². The van der Waals surface area contributed by atoms with Crippen molar-refractivity contribution in [2.75, 3.05) is 20.1 Å². The van der Waals surface area contributed by atoms with Crippen molar-refractivity contribution in [1.29, 1.82) is 5.41 Å². The summed E-state index contributed by atoms with van der Waals surface area (Å²) in [6.07, 6.45) is 3.17. The molecule has 0 spiro atoms. The molecule has 1 heterocycles. The number of nitrogens with one attached hydrogen (secondary N) is 1. The van der Waals surface area contributed by atoms with Crippen LogP contribution in [0.5, 0.6) is 0 Å². The smallest absolute Gasteiger partial charge is 0.0599 e. The minimum absolute atomic E-state index is 0.857. The van der Waals surface area contributed by atoms with Crippen molar-refractivity contribution < 1.29 is 0 Å². The quantitative estimate of drug-likeness (QED) is 0.586. The fraction of sp³-hybridized carbons (Fsp3) is 0.500. The minimum Gasteiger partial charge on any atom is -0.308 e. The zero-order chi connectivity index (χ0) is 8.27. The van der Waals surface area contributed by atoms with Gasteiger partial charge in [-0.05, 0) is 14.0 Å². The van der Waals surface area contributed by atoms with E-state index in [-0.39, 0.29) is 0 Å². The third kappa shape index (κ3) is 1.74. The van der Waals surface area contributed by atoms with Gasteiger partial charge in [0.2, 0.25) is 0 Å². The van der Waals surface area contributed by atoms with E-state index < -0.39 is 0 Å². The van der Waals surface area contributed by atoms with Crippen LogP contribution in [0.3, 0.4) is 0 Å². The van der Waals surface area contributed by atoms with Crippen molar-refractivity contribution in [1.82, 2.24) is 4.90 Å². The summed E-state index contributed by atoms with van der Waals surface area (Å²) < 4.78 is 0. The van der Waals surface area contributed by atoms with Gasteiger partial charge in [0.15, 0.2) is 0 Å². The first-order chi connectivity index (χ1) is 5.27. The number of nitrogens with zero attached hydrogens (tertiary/aromatic N) is 2. The first kappa shape index (κ1) is 8.14. The van der Waals surface area contributed by atoms with Gasteiger partial charge >= 0.3 is 0 Å². The molecular formula is C8H13N3. The number of likely N-dealkylation sites (N-methyl/N-ethyl adjacent to an activating group) is 1. The number of hydrogen-bond donors (Lipinski definition) is 1. The molecule has 0 amide bonds. The van der Waals surface area contributed by atoms with Crippen LogP contribution in [0.2, 0.25) is 0 Å². The van der Waals surface area contributed by atoms with E-state index in [2.05, 4.69) is 9.89 Å². The topological polar surface area (TPSA) is 39.5 Å². The molecule has 0 saturated heterocycles. The molecule has 1 aliphatic rings. The van der Waals surface area contributed by atoms with Crippen LogP contribution in [0.15, 0.2) is 16.3 Å². The lowest BCUT2D eigenvalue weighted by atomic mass is 10.3. The summed E-state index contributed by atoms with van der Waals surface area (Å²) >= 11 is 0. The van der Waals surface area contributed by atoms with Gasteiger partial charge in [-0.1, -0.05) is 0 Å². The van der Waals surface area contributed by atoms with Gasteiger partial charge in [-0.3, -0.25) is 9.89 Å². The second kappa shape index (κ2) is 3.44. The highest BCUT2D eigenvalue weighted by atomic mass is 15.1. The van der Waals surface area contributed by atoms with E-state index in [1.54, 1.807) is 6.21 Å². The van der Waals surface area contributed by atoms with Crippen LogP contribution in [0, 0.1) is 5.41 Å². The van der Waals surface area contributed by atoms with Crippen LogP contribution in [-0.4, -0.2) is 37.5 Å². The molecule has 3 nitrogen and oxygen atoms in total. The molecule has 0 atom stereocenters. The lowest BCUT2D eigenvalue weighted by molar-refractivity contribution is 0.426. The molecule has 3 heteroatoms. The molecule has 0 aromatic heterocycles. The van der Waals surface area contributed by atoms with E-state index in [0.717, 1.165) is 24.4 Å². The molecule has 0 aliphatic carbocycles. The van der Waals surface area contributed by atoms with Crippen LogP contribution in [0.25, 0.3) is 0 Å². The van der Waals surface area contributed by atoms with Gasteiger partial charge in [0.25, 0.3) is 0 Å². The Morgan fingerprint density at radius 3 is 2.82 bits per heavy atom. The Kier molecular flexibility index (Phi) is 2.54. The third-order valence-corrected chi connectivity index (χ3v) is 1.69. The second-order valence-corrected chi connectivity index (χ2v) is 2.68. The summed E-state index contributed by atoms with van der Waals surface area (Å²) in [5.74, 6) is 0. The largest absolute Gasteiger partial charge is 0.308 e. The van der Waals surface area contributed by atoms with Crippen LogP contribution in [0.4, 0.5) is 0 Å². The number of rotatable bonds is 2. The Bertz CT molecular complexity index is 215. The van der Waals surface area contributed by atoms with Crippen molar-refractivity contribution in [3.63, 3.8) is 0 Å². The van der Waals surface area contributed by atoms with Crippen molar-refractivity contribution in [2.45, 2.75) is 6.92 Å². The maximum Gasteiger partial charge on any atom is 0.0599 e. The SMILES string of the molecule is C/C=N\C1=C(C=N)CN(C)C1. The lowest BCUT2D eigenvalue weighted by Crippen LogP contribution is -2.14. The Hall–Kier alpha value is -0.960. The predicted molar refractivity (Wildman–Crippen MR) is 47.5 cm³/mol. The Morgan fingerprint density at radius 2 is 2.27 bits per heavy atom. The molecular weight excluding hydrogens is 138 g/mol. The van der Waals surface area contributed by atoms with Gasteiger partial charge in [0.05, 0.1) is 5.70 Å². The zero-order valence-electron chi connectivity index (χ0n) is 6.96. The first-order valence-electron chi connectivity index (χ1n) is 3.67. The van der Waals surface area contributed by atoms with Gasteiger partial charge in [-0.2, -0.15) is 0 Å². The molecule has 1 N–H and O–H groups in total. The predicted octanol–water partition coefficient (Wildman–Crippen LogP) is 0.926. The molecule has 0 saturated carbocycles. The lowest BCUT2D eigenvalue weighted by Gasteiger charge is -2.04. The molecule has 60 valence electrons. The molecule has 0 radical (unpaired) electrons. The van der Waals surface area contributed by atoms with Gasteiger partial charge in [0, 0.05) is 31.1 Å². The van der Waals surface area contributed by atoms with Crippen LogP contribution in [0.1, 0.15) is 6.92 Å². The zero-order valence-corrected chi connectivity index (χ0v) is 6.96. The van der Waals surface area contributed by atoms with E-state index >= 15 is 0 Å². The van der Waals surface area contributed by atoms with Gasteiger partial charge < -0.3 is 5.41 Å². The maximum absolute atomic E-state index is 7.12. The van der Waals surface area contributed by atoms with E-state index in [1.165, 1.54) is 6.21 Å². The van der Waals surface area contributed by atoms with Gasteiger partial charge in [0.1, 0.15) is 0 Å². The summed E-state index contributed by atoms with van der Waals surface area (Å²) in [4.78, 5) is 6.33. The Labute approximate surface area is 66.9 Å². The third-order valence-electron chi connectivity index (χ3n) is 1.69. The molecule has 0 unspecified atom stereocenters. The molecule has 0 fully saturated rings. The highest BCUT2D eigenvalue weighted by molar-refractivity contribution is 5.79. The Morgan fingerprint density at radius 1 is 1.55 bits per heavy atom. The number of aliphatic imine (C=N–C) groups is 1. The summed E-state index contributed by atoms with van der Waals surface area (Å²) in [5.41, 5.74) is 2.07. The van der Waals surface area contributed by atoms with Crippen LogP contribution >= 0.6 is 0 Å².